The maximum atomic E-state index is 11.7. The first-order chi connectivity index (χ1) is 9.69. The number of carbonyl (C=O) groups is 2. The van der Waals surface area contributed by atoms with Crippen LogP contribution in [-0.2, 0) is 16.0 Å². The molecule has 1 aromatic carbocycles. The number of rotatable bonds is 5. The molecule has 0 unspecified atom stereocenters. The molecular formula is C16H23NO4. The molecular weight excluding hydrogens is 270 g/mol. The fourth-order valence-electron chi connectivity index (χ4n) is 1.99. The van der Waals surface area contributed by atoms with Crippen molar-refractivity contribution in [2.75, 3.05) is 0 Å². The van der Waals surface area contributed by atoms with Gasteiger partial charge in [0, 0.05) is 0 Å². The number of amides is 1. The zero-order valence-electron chi connectivity index (χ0n) is 12.9. The van der Waals surface area contributed by atoms with Crippen molar-refractivity contribution in [3.8, 4) is 0 Å². The highest BCUT2D eigenvalue weighted by molar-refractivity contribution is 5.80. The van der Waals surface area contributed by atoms with Gasteiger partial charge in [-0.15, -0.1) is 0 Å². The fourth-order valence-corrected chi connectivity index (χ4v) is 1.99. The number of carboxylic acid groups (broad SMARTS) is 1. The SMILES string of the molecule is C[C@H](Cc1ccccc1)[C@H](NC(=O)OC(C)(C)C)C(=O)O. The Morgan fingerprint density at radius 1 is 1.24 bits per heavy atom. The zero-order valence-corrected chi connectivity index (χ0v) is 12.9. The summed E-state index contributed by atoms with van der Waals surface area (Å²) in [6.07, 6.45) is -0.150. The molecule has 1 aromatic rings. The average molecular weight is 293 g/mol. The number of aliphatic carboxylic acids is 1. The second kappa shape index (κ2) is 7.11. The molecule has 0 aromatic heterocycles. The van der Waals surface area contributed by atoms with Crippen LogP contribution in [0.2, 0.25) is 0 Å². The van der Waals surface area contributed by atoms with Gasteiger partial charge in [0.15, 0.2) is 0 Å². The van der Waals surface area contributed by atoms with Crippen LogP contribution < -0.4 is 5.32 Å². The number of ether oxygens (including phenoxy) is 1. The monoisotopic (exact) mass is 293 g/mol. The molecule has 5 nitrogen and oxygen atoms in total. The summed E-state index contributed by atoms with van der Waals surface area (Å²) in [4.78, 5) is 23.1. The van der Waals surface area contributed by atoms with E-state index in [4.69, 9.17) is 4.74 Å². The second-order valence-corrected chi connectivity index (χ2v) is 6.13. The van der Waals surface area contributed by atoms with E-state index in [1.165, 1.54) is 0 Å². The number of hydrogen-bond acceptors (Lipinski definition) is 3. The molecule has 21 heavy (non-hydrogen) atoms. The molecule has 0 aliphatic heterocycles. The molecule has 0 heterocycles. The van der Waals surface area contributed by atoms with Crippen LogP contribution in [0.25, 0.3) is 0 Å². The Morgan fingerprint density at radius 3 is 2.29 bits per heavy atom. The van der Waals surface area contributed by atoms with E-state index in [2.05, 4.69) is 5.32 Å². The summed E-state index contributed by atoms with van der Waals surface area (Å²) in [5.41, 5.74) is 0.373. The normalized spacial score (nSPS) is 14.1. The van der Waals surface area contributed by atoms with E-state index in [1.807, 2.05) is 30.3 Å². The van der Waals surface area contributed by atoms with Crippen molar-refractivity contribution in [3.63, 3.8) is 0 Å². The van der Waals surface area contributed by atoms with E-state index in [0.717, 1.165) is 5.56 Å². The molecule has 0 radical (unpaired) electrons. The van der Waals surface area contributed by atoms with Gasteiger partial charge in [-0.25, -0.2) is 9.59 Å². The minimum Gasteiger partial charge on any atom is -0.480 e. The number of hydrogen-bond donors (Lipinski definition) is 2. The molecule has 1 rings (SSSR count). The van der Waals surface area contributed by atoms with Crippen LogP contribution in [0.3, 0.4) is 0 Å². The van der Waals surface area contributed by atoms with Crippen molar-refractivity contribution in [3.05, 3.63) is 35.9 Å². The van der Waals surface area contributed by atoms with Crippen molar-refractivity contribution in [1.82, 2.24) is 5.32 Å². The van der Waals surface area contributed by atoms with Gasteiger partial charge in [0.25, 0.3) is 0 Å². The highest BCUT2D eigenvalue weighted by Crippen LogP contribution is 2.14. The highest BCUT2D eigenvalue weighted by atomic mass is 16.6. The van der Waals surface area contributed by atoms with E-state index in [9.17, 15) is 14.7 Å². The third-order valence-corrected chi connectivity index (χ3v) is 2.91. The van der Waals surface area contributed by atoms with Crippen molar-refractivity contribution in [2.24, 2.45) is 5.92 Å². The summed E-state index contributed by atoms with van der Waals surface area (Å²) in [5.74, 6) is -1.32. The van der Waals surface area contributed by atoms with Crippen LogP contribution in [0, 0.1) is 5.92 Å². The fraction of sp³-hybridized carbons (Fsp3) is 0.500. The van der Waals surface area contributed by atoms with Gasteiger partial charge in [-0.05, 0) is 38.7 Å². The molecule has 0 spiro atoms. The summed E-state index contributed by atoms with van der Waals surface area (Å²) in [6, 6.07) is 8.59. The Balaban J connectivity index is 2.68. The Morgan fingerprint density at radius 2 is 1.81 bits per heavy atom. The summed E-state index contributed by atoms with van der Waals surface area (Å²) in [7, 11) is 0. The first-order valence-corrected chi connectivity index (χ1v) is 6.95. The summed E-state index contributed by atoms with van der Waals surface area (Å²) in [6.45, 7) is 6.99. The lowest BCUT2D eigenvalue weighted by Gasteiger charge is -2.25. The van der Waals surface area contributed by atoms with Crippen LogP contribution in [0.1, 0.15) is 33.3 Å². The minimum absolute atomic E-state index is 0.252. The topological polar surface area (TPSA) is 75.6 Å². The summed E-state index contributed by atoms with van der Waals surface area (Å²) < 4.78 is 5.11. The molecule has 1 amide bonds. The maximum absolute atomic E-state index is 11.7. The number of benzene rings is 1. The molecule has 2 atom stereocenters. The quantitative estimate of drug-likeness (QED) is 0.875. The van der Waals surface area contributed by atoms with E-state index in [1.54, 1.807) is 27.7 Å². The van der Waals surface area contributed by atoms with E-state index in [0.29, 0.717) is 6.42 Å². The van der Waals surface area contributed by atoms with Crippen LogP contribution in [0.4, 0.5) is 4.79 Å². The molecule has 0 saturated carbocycles. The number of carboxylic acids is 1. The molecule has 0 bridgehead atoms. The summed E-state index contributed by atoms with van der Waals surface area (Å²) >= 11 is 0. The van der Waals surface area contributed by atoms with Crippen LogP contribution >= 0.6 is 0 Å². The Bertz CT molecular complexity index is 479. The van der Waals surface area contributed by atoms with Crippen LogP contribution in [0.15, 0.2) is 30.3 Å². The average Bonchev–Trinajstić information content (AvgIpc) is 2.34. The van der Waals surface area contributed by atoms with Crippen molar-refractivity contribution >= 4 is 12.1 Å². The van der Waals surface area contributed by atoms with Gasteiger partial charge >= 0.3 is 12.1 Å². The molecule has 116 valence electrons. The number of carbonyl (C=O) groups excluding carboxylic acids is 1. The van der Waals surface area contributed by atoms with Gasteiger partial charge in [0.1, 0.15) is 11.6 Å². The maximum Gasteiger partial charge on any atom is 0.408 e. The first-order valence-electron chi connectivity index (χ1n) is 6.95. The molecule has 0 aliphatic carbocycles. The van der Waals surface area contributed by atoms with E-state index >= 15 is 0 Å². The van der Waals surface area contributed by atoms with Gasteiger partial charge in [-0.1, -0.05) is 37.3 Å². The zero-order chi connectivity index (χ0) is 16.0. The Labute approximate surface area is 125 Å². The number of nitrogens with one attached hydrogen (secondary N) is 1. The Hall–Kier alpha value is -2.04. The molecule has 0 fully saturated rings. The lowest BCUT2D eigenvalue weighted by Crippen LogP contribution is -2.47. The predicted octanol–water partition coefficient (Wildman–Crippen LogP) is 2.84. The second-order valence-electron chi connectivity index (χ2n) is 6.13. The van der Waals surface area contributed by atoms with Crippen LogP contribution in [0.5, 0.6) is 0 Å². The van der Waals surface area contributed by atoms with Gasteiger partial charge < -0.3 is 15.2 Å². The predicted molar refractivity (Wildman–Crippen MR) is 80.1 cm³/mol. The largest absolute Gasteiger partial charge is 0.480 e. The van der Waals surface area contributed by atoms with Gasteiger partial charge in [-0.3, -0.25) is 0 Å². The smallest absolute Gasteiger partial charge is 0.408 e. The Kier molecular flexibility index (Phi) is 5.76. The number of alkyl carbamates (subject to hydrolysis) is 1. The molecule has 5 heteroatoms. The third kappa shape index (κ3) is 6.29. The van der Waals surface area contributed by atoms with Gasteiger partial charge in [0.2, 0.25) is 0 Å². The van der Waals surface area contributed by atoms with Crippen molar-refractivity contribution < 1.29 is 19.4 Å². The van der Waals surface area contributed by atoms with Crippen molar-refractivity contribution in [1.29, 1.82) is 0 Å². The van der Waals surface area contributed by atoms with E-state index < -0.39 is 23.7 Å². The standard InChI is InChI=1S/C16H23NO4/c1-11(10-12-8-6-5-7-9-12)13(14(18)19)17-15(20)21-16(2,3)4/h5-9,11,13H,10H2,1-4H3,(H,17,20)(H,18,19)/t11-,13+/m1/s1. The van der Waals surface area contributed by atoms with Gasteiger partial charge in [-0.2, -0.15) is 0 Å². The molecule has 0 aliphatic rings. The lowest BCUT2D eigenvalue weighted by molar-refractivity contribution is -0.140. The van der Waals surface area contributed by atoms with Crippen molar-refractivity contribution in [2.45, 2.75) is 45.8 Å². The van der Waals surface area contributed by atoms with E-state index in [-0.39, 0.29) is 5.92 Å². The highest BCUT2D eigenvalue weighted by Gasteiger charge is 2.28. The van der Waals surface area contributed by atoms with Crippen LogP contribution in [-0.4, -0.2) is 28.8 Å². The summed E-state index contributed by atoms with van der Waals surface area (Å²) in [5, 5.41) is 11.7. The molecule has 0 saturated heterocycles. The minimum atomic E-state index is -1.07. The lowest BCUT2D eigenvalue weighted by atomic mass is 9.94. The first kappa shape index (κ1) is 17.0. The molecule has 2 N–H and O–H groups in total. The van der Waals surface area contributed by atoms with Gasteiger partial charge in [0.05, 0.1) is 0 Å². The third-order valence-electron chi connectivity index (χ3n) is 2.91.